The van der Waals surface area contributed by atoms with Crippen molar-refractivity contribution in [3.8, 4) is 5.75 Å². The summed E-state index contributed by atoms with van der Waals surface area (Å²) in [7, 11) is 0. The molecule has 0 spiro atoms. The van der Waals surface area contributed by atoms with E-state index in [0.717, 1.165) is 53.0 Å². The van der Waals surface area contributed by atoms with Crippen molar-refractivity contribution in [2.45, 2.75) is 78.4 Å². The molecule has 0 unspecified atom stereocenters. The summed E-state index contributed by atoms with van der Waals surface area (Å²) in [6.45, 7) is 9.79. The molecule has 1 aliphatic rings. The van der Waals surface area contributed by atoms with E-state index in [4.69, 9.17) is 4.74 Å². The summed E-state index contributed by atoms with van der Waals surface area (Å²) in [6.07, 6.45) is 3.84. The fourth-order valence-electron chi connectivity index (χ4n) is 3.58. The SMILES string of the molecule is CCCCCC[C@@]1(C)NC(=O)N(C[C@H](O)COc2c(C)ccc(C)c2C)C1=O. The van der Waals surface area contributed by atoms with Crippen LogP contribution < -0.4 is 10.1 Å². The van der Waals surface area contributed by atoms with Gasteiger partial charge >= 0.3 is 6.03 Å². The quantitative estimate of drug-likeness (QED) is 0.472. The predicted molar refractivity (Wildman–Crippen MR) is 110 cm³/mol. The third kappa shape index (κ3) is 5.04. The number of carbonyl (C=O) groups excluding carboxylic acids is 2. The van der Waals surface area contributed by atoms with Crippen LogP contribution in [0.1, 0.15) is 62.6 Å². The summed E-state index contributed by atoms with van der Waals surface area (Å²) in [4.78, 5) is 26.2. The molecule has 2 rings (SSSR count). The maximum Gasteiger partial charge on any atom is 0.325 e. The Morgan fingerprint density at radius 1 is 1.14 bits per heavy atom. The predicted octanol–water partition coefficient (Wildman–Crippen LogP) is 3.63. The number of amides is 3. The molecule has 1 aliphatic heterocycles. The van der Waals surface area contributed by atoms with Crippen LogP contribution in [-0.4, -0.2) is 46.7 Å². The first-order chi connectivity index (χ1) is 13.2. The second-order valence-electron chi connectivity index (χ2n) is 8.11. The molecule has 1 aromatic rings. The number of hydrogen-bond donors (Lipinski definition) is 2. The number of hydrogen-bond acceptors (Lipinski definition) is 4. The van der Waals surface area contributed by atoms with Gasteiger partial charge in [-0.15, -0.1) is 0 Å². The van der Waals surface area contributed by atoms with Crippen LogP contribution in [0.15, 0.2) is 12.1 Å². The molecule has 1 aromatic carbocycles. The summed E-state index contributed by atoms with van der Waals surface area (Å²) in [6, 6.07) is 3.57. The lowest BCUT2D eigenvalue weighted by atomic mass is 9.94. The van der Waals surface area contributed by atoms with Crippen LogP contribution >= 0.6 is 0 Å². The van der Waals surface area contributed by atoms with E-state index < -0.39 is 17.7 Å². The first kappa shape index (κ1) is 22.2. The van der Waals surface area contributed by atoms with Crippen molar-refractivity contribution in [3.05, 3.63) is 28.8 Å². The van der Waals surface area contributed by atoms with Crippen LogP contribution in [0.5, 0.6) is 5.75 Å². The Kier molecular flexibility index (Phi) is 7.47. The van der Waals surface area contributed by atoms with Crippen LogP contribution in [0.25, 0.3) is 0 Å². The molecule has 2 N–H and O–H groups in total. The van der Waals surface area contributed by atoms with Gasteiger partial charge in [-0.25, -0.2) is 4.79 Å². The van der Waals surface area contributed by atoms with E-state index in [2.05, 4.69) is 12.2 Å². The van der Waals surface area contributed by atoms with Crippen LogP contribution in [0.4, 0.5) is 4.79 Å². The van der Waals surface area contributed by atoms with Crippen molar-refractivity contribution in [3.63, 3.8) is 0 Å². The van der Waals surface area contributed by atoms with Gasteiger partial charge in [-0.1, -0.05) is 44.7 Å². The van der Waals surface area contributed by atoms with E-state index >= 15 is 0 Å². The van der Waals surface area contributed by atoms with Crippen LogP contribution in [0.2, 0.25) is 0 Å². The molecule has 0 radical (unpaired) electrons. The van der Waals surface area contributed by atoms with Crippen LogP contribution in [0, 0.1) is 20.8 Å². The maximum atomic E-state index is 12.8. The lowest BCUT2D eigenvalue weighted by Gasteiger charge is -2.23. The first-order valence-corrected chi connectivity index (χ1v) is 10.2. The van der Waals surface area contributed by atoms with Crippen LogP contribution in [0.3, 0.4) is 0 Å². The summed E-state index contributed by atoms with van der Waals surface area (Å²) in [5.41, 5.74) is 2.25. The fourth-order valence-corrected chi connectivity index (χ4v) is 3.58. The van der Waals surface area contributed by atoms with Gasteiger partial charge in [0.1, 0.15) is 24.0 Å². The Morgan fingerprint density at radius 3 is 2.50 bits per heavy atom. The number of aliphatic hydroxyl groups is 1. The molecular weight excluding hydrogens is 356 g/mol. The molecule has 6 heteroatoms. The van der Waals surface area contributed by atoms with Gasteiger partial charge < -0.3 is 15.2 Å². The van der Waals surface area contributed by atoms with Crippen molar-refractivity contribution >= 4 is 11.9 Å². The van der Waals surface area contributed by atoms with Gasteiger partial charge in [0.25, 0.3) is 5.91 Å². The van der Waals surface area contributed by atoms with E-state index in [1.165, 1.54) is 0 Å². The van der Waals surface area contributed by atoms with Crippen molar-refractivity contribution in [1.29, 1.82) is 0 Å². The number of β-amino-alcohol motifs (C(OH)–C–C–N with tert-alkyl or cyclic N) is 1. The zero-order valence-corrected chi connectivity index (χ0v) is 17.8. The number of nitrogens with zero attached hydrogens (tertiary/aromatic N) is 1. The molecule has 0 aromatic heterocycles. The molecular formula is C22H34N2O4. The largest absolute Gasteiger partial charge is 0.490 e. The molecule has 3 amide bonds. The minimum atomic E-state index is -0.948. The molecule has 0 bridgehead atoms. The monoisotopic (exact) mass is 390 g/mol. The highest BCUT2D eigenvalue weighted by Gasteiger charge is 2.47. The molecule has 1 fully saturated rings. The number of urea groups is 1. The third-order valence-corrected chi connectivity index (χ3v) is 5.56. The number of aryl methyl sites for hydroxylation is 2. The normalized spacial score (nSPS) is 20.4. The number of unbranched alkanes of at least 4 members (excludes halogenated alkanes) is 3. The standard InChI is InChI=1S/C22H34N2O4/c1-6-7-8-9-12-22(5)20(26)24(21(27)23-22)13-18(25)14-28-19-16(3)11-10-15(2)17(19)4/h10-11,18,25H,6-9,12-14H2,1-5H3,(H,23,27)/t18-,22+/m0/s1. The lowest BCUT2D eigenvalue weighted by molar-refractivity contribution is -0.132. The van der Waals surface area contributed by atoms with Crippen molar-refractivity contribution in [2.24, 2.45) is 0 Å². The van der Waals surface area contributed by atoms with E-state index in [1.54, 1.807) is 6.92 Å². The highest BCUT2D eigenvalue weighted by atomic mass is 16.5. The maximum absolute atomic E-state index is 12.8. The lowest BCUT2D eigenvalue weighted by Crippen LogP contribution is -2.45. The number of nitrogens with one attached hydrogen (secondary N) is 1. The van der Waals surface area contributed by atoms with Gasteiger partial charge in [0.2, 0.25) is 0 Å². The zero-order valence-electron chi connectivity index (χ0n) is 17.8. The second kappa shape index (κ2) is 9.41. The van der Waals surface area contributed by atoms with Gasteiger partial charge in [0.15, 0.2) is 0 Å². The van der Waals surface area contributed by atoms with E-state index in [0.29, 0.717) is 6.42 Å². The van der Waals surface area contributed by atoms with Gasteiger partial charge in [0, 0.05) is 0 Å². The van der Waals surface area contributed by atoms with E-state index in [9.17, 15) is 14.7 Å². The van der Waals surface area contributed by atoms with E-state index in [-0.39, 0.29) is 19.1 Å². The molecule has 156 valence electrons. The molecule has 1 saturated heterocycles. The van der Waals surface area contributed by atoms with Gasteiger partial charge in [0.05, 0.1) is 6.54 Å². The van der Waals surface area contributed by atoms with E-state index in [1.807, 2.05) is 32.9 Å². The van der Waals surface area contributed by atoms with Crippen molar-refractivity contribution < 1.29 is 19.4 Å². The minimum Gasteiger partial charge on any atom is -0.490 e. The molecule has 6 nitrogen and oxygen atoms in total. The highest BCUT2D eigenvalue weighted by molar-refractivity contribution is 6.06. The fraction of sp³-hybridized carbons (Fsp3) is 0.636. The Bertz CT molecular complexity index is 719. The van der Waals surface area contributed by atoms with Gasteiger partial charge in [-0.05, 0) is 50.8 Å². The number of imide groups is 1. The number of rotatable bonds is 10. The molecule has 2 atom stereocenters. The minimum absolute atomic E-state index is 0.0232. The first-order valence-electron chi connectivity index (χ1n) is 10.2. The molecule has 0 aliphatic carbocycles. The summed E-state index contributed by atoms with van der Waals surface area (Å²) >= 11 is 0. The number of carbonyl (C=O) groups is 2. The topological polar surface area (TPSA) is 78.9 Å². The average molecular weight is 391 g/mol. The summed E-state index contributed by atoms with van der Waals surface area (Å²) in [5.74, 6) is 0.480. The Morgan fingerprint density at radius 2 is 1.82 bits per heavy atom. The average Bonchev–Trinajstić information content (AvgIpc) is 2.85. The number of aliphatic hydroxyl groups excluding tert-OH is 1. The van der Waals surface area contributed by atoms with Crippen molar-refractivity contribution in [1.82, 2.24) is 10.2 Å². The third-order valence-electron chi connectivity index (χ3n) is 5.56. The molecule has 1 heterocycles. The van der Waals surface area contributed by atoms with Gasteiger partial charge in [-0.2, -0.15) is 0 Å². The summed E-state index contributed by atoms with van der Waals surface area (Å²) < 4.78 is 5.82. The Hall–Kier alpha value is -2.08. The smallest absolute Gasteiger partial charge is 0.325 e. The number of benzene rings is 1. The molecule has 28 heavy (non-hydrogen) atoms. The second-order valence-corrected chi connectivity index (χ2v) is 8.11. The number of ether oxygens (including phenoxy) is 1. The van der Waals surface area contributed by atoms with Crippen LogP contribution in [-0.2, 0) is 4.79 Å². The van der Waals surface area contributed by atoms with Crippen molar-refractivity contribution in [2.75, 3.05) is 13.2 Å². The highest BCUT2D eigenvalue weighted by Crippen LogP contribution is 2.27. The molecule has 0 saturated carbocycles. The Labute approximate surface area is 168 Å². The Balaban J connectivity index is 1.93. The summed E-state index contributed by atoms with van der Waals surface area (Å²) in [5, 5.41) is 13.2. The van der Waals surface area contributed by atoms with Gasteiger partial charge in [-0.3, -0.25) is 9.69 Å². The zero-order chi connectivity index (χ0) is 20.9.